The van der Waals surface area contributed by atoms with Gasteiger partial charge in [-0.15, -0.1) is 11.3 Å². The average molecular weight is 263 g/mol. The maximum atomic E-state index is 11.4. The lowest BCUT2D eigenvalue weighted by Gasteiger charge is -2.20. The first-order valence-electron chi connectivity index (χ1n) is 4.90. The summed E-state index contributed by atoms with van der Waals surface area (Å²) in [5.74, 6) is 5.39. The van der Waals surface area contributed by atoms with Gasteiger partial charge in [0, 0.05) is 29.8 Å². The summed E-state index contributed by atoms with van der Waals surface area (Å²) in [7, 11) is -3.09. The molecule has 1 aromatic rings. The molecule has 1 heterocycles. The molecular formula is C9H17N3O2S2. The fraction of sp³-hybridized carbons (Fsp3) is 0.667. The van der Waals surface area contributed by atoms with Gasteiger partial charge < -0.3 is 0 Å². The molecule has 0 fully saturated rings. The van der Waals surface area contributed by atoms with Crippen LogP contribution in [0.3, 0.4) is 0 Å². The summed E-state index contributed by atoms with van der Waals surface area (Å²) in [6, 6.07) is -0.305. The Morgan fingerprint density at radius 1 is 1.62 bits per heavy atom. The molecule has 0 radical (unpaired) electrons. The number of nitrogens with one attached hydrogen (secondary N) is 1. The van der Waals surface area contributed by atoms with Crippen LogP contribution < -0.4 is 11.3 Å². The van der Waals surface area contributed by atoms with Gasteiger partial charge in [-0.05, 0) is 13.8 Å². The topological polar surface area (TPSA) is 85.1 Å². The number of nitrogens with zero attached hydrogens (tertiary/aromatic N) is 1. The van der Waals surface area contributed by atoms with E-state index < -0.39 is 15.1 Å². The molecule has 2 atom stereocenters. The first-order valence-corrected chi connectivity index (χ1v) is 7.74. The Balaban J connectivity index is 2.77. The minimum absolute atomic E-state index is 0.305. The Hall–Kier alpha value is -0.500. The van der Waals surface area contributed by atoms with E-state index >= 15 is 0 Å². The molecule has 92 valence electrons. The molecule has 3 N–H and O–H groups in total. The van der Waals surface area contributed by atoms with E-state index in [-0.39, 0.29) is 6.04 Å². The second kappa shape index (κ2) is 5.22. The Labute approximate surface area is 100.0 Å². The second-order valence-electron chi connectivity index (χ2n) is 3.89. The van der Waals surface area contributed by atoms with Crippen molar-refractivity contribution in [3.63, 3.8) is 0 Å². The van der Waals surface area contributed by atoms with Crippen LogP contribution >= 0.6 is 11.3 Å². The number of hydrogen-bond acceptors (Lipinski definition) is 6. The van der Waals surface area contributed by atoms with Gasteiger partial charge in [-0.2, -0.15) is 0 Å². The molecule has 0 amide bonds. The third kappa shape index (κ3) is 3.51. The van der Waals surface area contributed by atoms with Gasteiger partial charge >= 0.3 is 0 Å². The van der Waals surface area contributed by atoms with Gasteiger partial charge in [0.05, 0.1) is 10.3 Å². The monoisotopic (exact) mass is 263 g/mol. The molecule has 0 aromatic carbocycles. The van der Waals surface area contributed by atoms with E-state index in [1.54, 1.807) is 6.92 Å². The van der Waals surface area contributed by atoms with Crippen molar-refractivity contribution in [2.75, 3.05) is 6.26 Å². The molecule has 0 bridgehead atoms. The molecule has 1 aromatic heterocycles. The highest BCUT2D eigenvalue weighted by Gasteiger charge is 2.25. The third-order valence-corrected chi connectivity index (χ3v) is 5.19. The number of thiazole rings is 1. The largest absolute Gasteiger partial charge is 0.271 e. The van der Waals surface area contributed by atoms with Gasteiger partial charge in [0.2, 0.25) is 0 Å². The Bertz CT molecular complexity index is 441. The van der Waals surface area contributed by atoms with Crippen molar-refractivity contribution >= 4 is 21.2 Å². The Kier molecular flexibility index (Phi) is 4.43. The SMILES string of the molecule is Cc1csc(CC(NN)C(C)S(C)(=O)=O)n1. The molecule has 1 rings (SSSR count). The van der Waals surface area contributed by atoms with Crippen molar-refractivity contribution in [1.82, 2.24) is 10.4 Å². The van der Waals surface area contributed by atoms with Crippen molar-refractivity contribution in [3.8, 4) is 0 Å². The molecule has 16 heavy (non-hydrogen) atoms. The Morgan fingerprint density at radius 2 is 2.25 bits per heavy atom. The number of aryl methyl sites for hydroxylation is 1. The normalized spacial score (nSPS) is 16.0. The molecular weight excluding hydrogens is 246 g/mol. The number of hydrazine groups is 1. The van der Waals surface area contributed by atoms with Crippen LogP contribution in [0.25, 0.3) is 0 Å². The van der Waals surface area contributed by atoms with E-state index in [2.05, 4.69) is 10.4 Å². The summed E-state index contributed by atoms with van der Waals surface area (Å²) >= 11 is 1.52. The lowest BCUT2D eigenvalue weighted by Crippen LogP contribution is -2.47. The van der Waals surface area contributed by atoms with E-state index in [0.29, 0.717) is 6.42 Å². The molecule has 0 spiro atoms. The molecule has 0 saturated heterocycles. The van der Waals surface area contributed by atoms with Crippen molar-refractivity contribution in [2.24, 2.45) is 5.84 Å². The fourth-order valence-electron chi connectivity index (χ4n) is 1.34. The van der Waals surface area contributed by atoms with Crippen LogP contribution in [0.15, 0.2) is 5.38 Å². The summed E-state index contributed by atoms with van der Waals surface area (Å²) in [6.45, 7) is 3.56. The highest BCUT2D eigenvalue weighted by molar-refractivity contribution is 7.91. The van der Waals surface area contributed by atoms with Crippen molar-refractivity contribution in [1.29, 1.82) is 0 Å². The molecule has 0 aliphatic carbocycles. The standard InChI is InChI=1S/C9H17N3O2S2/c1-6-5-15-9(11-6)4-8(12-10)7(2)16(3,13)14/h5,7-8,12H,4,10H2,1-3H3. The summed E-state index contributed by atoms with van der Waals surface area (Å²) in [5.41, 5.74) is 3.50. The molecule has 2 unspecified atom stereocenters. The summed E-state index contributed by atoms with van der Waals surface area (Å²) in [4.78, 5) is 4.29. The number of hydrogen-bond donors (Lipinski definition) is 2. The van der Waals surface area contributed by atoms with E-state index in [9.17, 15) is 8.42 Å². The molecule has 0 saturated carbocycles. The third-order valence-electron chi connectivity index (χ3n) is 2.52. The van der Waals surface area contributed by atoms with Gasteiger partial charge in [-0.1, -0.05) is 0 Å². The van der Waals surface area contributed by atoms with Gasteiger partial charge in [0.25, 0.3) is 0 Å². The first kappa shape index (κ1) is 13.6. The van der Waals surface area contributed by atoms with Crippen LogP contribution in [0.2, 0.25) is 0 Å². The van der Waals surface area contributed by atoms with Crippen LogP contribution in [0.5, 0.6) is 0 Å². The molecule has 5 nitrogen and oxygen atoms in total. The van der Waals surface area contributed by atoms with E-state index in [1.807, 2.05) is 12.3 Å². The van der Waals surface area contributed by atoms with Crippen LogP contribution in [0, 0.1) is 6.92 Å². The van der Waals surface area contributed by atoms with E-state index in [4.69, 9.17) is 5.84 Å². The number of nitrogens with two attached hydrogens (primary N) is 1. The van der Waals surface area contributed by atoms with E-state index in [1.165, 1.54) is 17.6 Å². The van der Waals surface area contributed by atoms with Gasteiger partial charge in [0.1, 0.15) is 0 Å². The highest BCUT2D eigenvalue weighted by atomic mass is 32.2. The summed E-state index contributed by atoms with van der Waals surface area (Å²) in [5, 5.41) is 2.31. The maximum Gasteiger partial charge on any atom is 0.151 e. The molecule has 7 heteroatoms. The maximum absolute atomic E-state index is 11.4. The van der Waals surface area contributed by atoms with Crippen molar-refractivity contribution in [3.05, 3.63) is 16.1 Å². The number of rotatable bonds is 5. The van der Waals surface area contributed by atoms with Crippen LogP contribution in [-0.4, -0.2) is 30.9 Å². The van der Waals surface area contributed by atoms with E-state index in [0.717, 1.165) is 10.7 Å². The first-order chi connectivity index (χ1) is 7.34. The predicted molar refractivity (Wildman–Crippen MR) is 66.0 cm³/mol. The quantitative estimate of drug-likeness (QED) is 0.588. The smallest absolute Gasteiger partial charge is 0.151 e. The average Bonchev–Trinajstić information content (AvgIpc) is 2.58. The van der Waals surface area contributed by atoms with Gasteiger partial charge in [-0.3, -0.25) is 11.3 Å². The fourth-order valence-corrected chi connectivity index (χ4v) is 2.95. The summed E-state index contributed by atoms with van der Waals surface area (Å²) in [6.07, 6.45) is 1.75. The lowest BCUT2D eigenvalue weighted by molar-refractivity contribution is 0.493. The predicted octanol–water partition coefficient (Wildman–Crippen LogP) is 0.259. The van der Waals surface area contributed by atoms with Crippen LogP contribution in [-0.2, 0) is 16.3 Å². The van der Waals surface area contributed by atoms with Crippen LogP contribution in [0.4, 0.5) is 0 Å². The lowest BCUT2D eigenvalue weighted by atomic mass is 10.1. The van der Waals surface area contributed by atoms with Crippen LogP contribution in [0.1, 0.15) is 17.6 Å². The zero-order valence-electron chi connectivity index (χ0n) is 9.60. The highest BCUT2D eigenvalue weighted by Crippen LogP contribution is 2.14. The van der Waals surface area contributed by atoms with Gasteiger partial charge in [0.15, 0.2) is 9.84 Å². The van der Waals surface area contributed by atoms with Crippen molar-refractivity contribution < 1.29 is 8.42 Å². The molecule has 0 aliphatic heterocycles. The minimum Gasteiger partial charge on any atom is -0.271 e. The summed E-state index contributed by atoms with van der Waals surface area (Å²) < 4.78 is 22.8. The van der Waals surface area contributed by atoms with Crippen molar-refractivity contribution in [2.45, 2.75) is 31.6 Å². The Morgan fingerprint density at radius 3 is 2.62 bits per heavy atom. The number of aromatic nitrogens is 1. The second-order valence-corrected chi connectivity index (χ2v) is 7.24. The zero-order valence-corrected chi connectivity index (χ0v) is 11.2. The number of sulfone groups is 1. The molecule has 0 aliphatic rings. The minimum atomic E-state index is -3.09. The van der Waals surface area contributed by atoms with Gasteiger partial charge in [-0.25, -0.2) is 13.4 Å². The zero-order chi connectivity index (χ0) is 12.3.